The molecule has 3 rings (SSSR count). The van der Waals surface area contributed by atoms with Crippen LogP contribution in [0, 0.1) is 0 Å². The van der Waals surface area contributed by atoms with Gasteiger partial charge in [-0.25, -0.2) is 0 Å². The Hall–Kier alpha value is -2.41. The van der Waals surface area contributed by atoms with Gasteiger partial charge < -0.3 is 15.4 Å². The molecule has 7 heteroatoms. The Morgan fingerprint density at radius 2 is 1.65 bits per heavy atom. The molecule has 1 heterocycles. The summed E-state index contributed by atoms with van der Waals surface area (Å²) < 4.78 is 45.1. The topological polar surface area (TPSA) is 41.7 Å². The zero-order chi connectivity index (χ0) is 18.7. The van der Waals surface area contributed by atoms with E-state index in [1.807, 2.05) is 24.3 Å². The van der Waals surface area contributed by atoms with Crippen LogP contribution in [0.25, 0.3) is 0 Å². The molecule has 140 valence electrons. The number of halogens is 3. The third kappa shape index (κ3) is 4.22. The van der Waals surface area contributed by atoms with E-state index in [-0.39, 0.29) is 11.4 Å². The molecule has 0 saturated carbocycles. The monoisotopic (exact) mass is 365 g/mol. The minimum atomic E-state index is -4.41. The van der Waals surface area contributed by atoms with Gasteiger partial charge in [-0.2, -0.15) is 13.2 Å². The summed E-state index contributed by atoms with van der Waals surface area (Å²) >= 11 is 0. The maximum Gasteiger partial charge on any atom is 0.418 e. The first-order valence-electron chi connectivity index (χ1n) is 8.44. The zero-order valence-electron chi connectivity index (χ0n) is 14.6. The van der Waals surface area contributed by atoms with Gasteiger partial charge in [0, 0.05) is 44.1 Å². The standard InChI is InChI=1S/C19H22F3N3O/c1-26-16-5-2-14(3-6-16)13-24-8-10-25(11-9-24)18-7-4-15(23)12-17(18)19(20,21)22/h2-7,12H,8-11,13,23H2,1H3. The molecule has 0 atom stereocenters. The van der Waals surface area contributed by atoms with Gasteiger partial charge in [-0.05, 0) is 35.9 Å². The summed E-state index contributed by atoms with van der Waals surface area (Å²) in [6.45, 7) is 3.26. The van der Waals surface area contributed by atoms with Crippen molar-refractivity contribution in [2.45, 2.75) is 12.7 Å². The van der Waals surface area contributed by atoms with Gasteiger partial charge in [-0.1, -0.05) is 12.1 Å². The van der Waals surface area contributed by atoms with Crippen LogP contribution in [0.15, 0.2) is 42.5 Å². The summed E-state index contributed by atoms with van der Waals surface area (Å²) in [4.78, 5) is 4.02. The molecule has 0 aromatic heterocycles. The van der Waals surface area contributed by atoms with Crippen molar-refractivity contribution in [1.29, 1.82) is 0 Å². The molecule has 1 aliphatic rings. The van der Waals surface area contributed by atoms with Gasteiger partial charge in [0.2, 0.25) is 0 Å². The highest BCUT2D eigenvalue weighted by atomic mass is 19.4. The number of methoxy groups -OCH3 is 1. The van der Waals surface area contributed by atoms with E-state index in [2.05, 4.69) is 4.90 Å². The minimum absolute atomic E-state index is 0.124. The number of nitrogen functional groups attached to an aromatic ring is 1. The lowest BCUT2D eigenvalue weighted by Gasteiger charge is -2.37. The summed E-state index contributed by atoms with van der Waals surface area (Å²) in [6, 6.07) is 11.8. The van der Waals surface area contributed by atoms with E-state index in [4.69, 9.17) is 10.5 Å². The quantitative estimate of drug-likeness (QED) is 0.841. The number of piperazine rings is 1. The van der Waals surface area contributed by atoms with Gasteiger partial charge in [0.1, 0.15) is 5.75 Å². The lowest BCUT2D eigenvalue weighted by atomic mass is 10.1. The summed E-state index contributed by atoms with van der Waals surface area (Å²) in [5.41, 5.74) is 6.37. The molecule has 1 saturated heterocycles. The summed E-state index contributed by atoms with van der Waals surface area (Å²) in [6.07, 6.45) is -4.41. The van der Waals surface area contributed by atoms with E-state index in [0.29, 0.717) is 26.2 Å². The second kappa shape index (κ2) is 7.45. The number of nitrogens with zero attached hydrogens (tertiary/aromatic N) is 2. The van der Waals surface area contributed by atoms with Gasteiger partial charge in [0.25, 0.3) is 0 Å². The molecule has 26 heavy (non-hydrogen) atoms. The number of anilines is 2. The van der Waals surface area contributed by atoms with Crippen molar-refractivity contribution < 1.29 is 17.9 Å². The van der Waals surface area contributed by atoms with E-state index < -0.39 is 11.7 Å². The smallest absolute Gasteiger partial charge is 0.418 e. The fourth-order valence-corrected chi connectivity index (χ4v) is 3.19. The maximum atomic E-state index is 13.3. The number of ether oxygens (including phenoxy) is 1. The fraction of sp³-hybridized carbons (Fsp3) is 0.368. The average molecular weight is 365 g/mol. The van der Waals surface area contributed by atoms with Crippen molar-refractivity contribution in [3.63, 3.8) is 0 Å². The molecule has 0 unspecified atom stereocenters. The Balaban J connectivity index is 1.65. The van der Waals surface area contributed by atoms with Crippen LogP contribution in [0.3, 0.4) is 0 Å². The van der Waals surface area contributed by atoms with E-state index in [9.17, 15) is 13.2 Å². The molecule has 0 radical (unpaired) electrons. The molecule has 0 bridgehead atoms. The Bertz CT molecular complexity index is 739. The highest BCUT2D eigenvalue weighted by molar-refractivity contribution is 5.61. The van der Waals surface area contributed by atoms with Crippen molar-refractivity contribution in [3.8, 4) is 5.75 Å². The molecule has 1 aliphatic heterocycles. The van der Waals surface area contributed by atoms with Crippen LogP contribution in [-0.2, 0) is 12.7 Å². The van der Waals surface area contributed by atoms with Crippen molar-refractivity contribution in [2.75, 3.05) is 43.9 Å². The van der Waals surface area contributed by atoms with Crippen molar-refractivity contribution in [2.24, 2.45) is 0 Å². The Morgan fingerprint density at radius 3 is 2.23 bits per heavy atom. The molecule has 0 spiro atoms. The molecule has 1 fully saturated rings. The van der Waals surface area contributed by atoms with E-state index in [1.165, 1.54) is 12.1 Å². The van der Waals surface area contributed by atoms with Gasteiger partial charge in [-0.3, -0.25) is 4.90 Å². The molecule has 4 nitrogen and oxygen atoms in total. The molecule has 0 aliphatic carbocycles. The van der Waals surface area contributed by atoms with E-state index in [0.717, 1.165) is 23.9 Å². The molecule has 2 N–H and O–H groups in total. The van der Waals surface area contributed by atoms with Crippen LogP contribution in [0.1, 0.15) is 11.1 Å². The number of benzene rings is 2. The van der Waals surface area contributed by atoms with Crippen molar-refractivity contribution >= 4 is 11.4 Å². The normalized spacial score (nSPS) is 15.9. The molecule has 0 amide bonds. The molecule has 2 aromatic rings. The van der Waals surface area contributed by atoms with Crippen LogP contribution in [0.5, 0.6) is 5.75 Å². The highest BCUT2D eigenvalue weighted by Crippen LogP contribution is 2.38. The van der Waals surface area contributed by atoms with Crippen molar-refractivity contribution in [1.82, 2.24) is 4.90 Å². The Labute approximate surface area is 151 Å². The molecule has 2 aromatic carbocycles. The van der Waals surface area contributed by atoms with Crippen molar-refractivity contribution in [3.05, 3.63) is 53.6 Å². The SMILES string of the molecule is COc1ccc(CN2CCN(c3ccc(N)cc3C(F)(F)F)CC2)cc1. The predicted octanol–water partition coefficient (Wildman–Crippen LogP) is 3.62. The highest BCUT2D eigenvalue weighted by Gasteiger charge is 2.35. The van der Waals surface area contributed by atoms with E-state index >= 15 is 0 Å². The van der Waals surface area contributed by atoms with Gasteiger partial charge in [0.15, 0.2) is 0 Å². The Morgan fingerprint density at radius 1 is 1.00 bits per heavy atom. The van der Waals surface area contributed by atoms with E-state index in [1.54, 1.807) is 12.0 Å². The minimum Gasteiger partial charge on any atom is -0.497 e. The van der Waals surface area contributed by atoms with Crippen LogP contribution in [-0.4, -0.2) is 38.2 Å². The number of hydrogen-bond donors (Lipinski definition) is 1. The summed E-state index contributed by atoms with van der Waals surface area (Å²) in [5, 5.41) is 0. The fourth-order valence-electron chi connectivity index (χ4n) is 3.19. The van der Waals surface area contributed by atoms with Gasteiger partial charge in [0.05, 0.1) is 12.7 Å². The lowest BCUT2D eigenvalue weighted by molar-refractivity contribution is -0.137. The number of alkyl halides is 3. The number of nitrogens with two attached hydrogens (primary N) is 1. The van der Waals surface area contributed by atoms with Gasteiger partial charge >= 0.3 is 6.18 Å². The second-order valence-electron chi connectivity index (χ2n) is 6.39. The van der Waals surface area contributed by atoms with Crippen LogP contribution >= 0.6 is 0 Å². The third-order valence-electron chi connectivity index (χ3n) is 4.60. The largest absolute Gasteiger partial charge is 0.497 e. The van der Waals surface area contributed by atoms with Crippen LogP contribution in [0.4, 0.5) is 24.5 Å². The first kappa shape index (κ1) is 18.4. The number of hydrogen-bond acceptors (Lipinski definition) is 4. The van der Waals surface area contributed by atoms with Crippen LogP contribution in [0.2, 0.25) is 0 Å². The molecular formula is C19H22F3N3O. The lowest BCUT2D eigenvalue weighted by Crippen LogP contribution is -2.46. The van der Waals surface area contributed by atoms with Crippen LogP contribution < -0.4 is 15.4 Å². The third-order valence-corrected chi connectivity index (χ3v) is 4.60. The summed E-state index contributed by atoms with van der Waals surface area (Å²) in [5.74, 6) is 0.807. The second-order valence-corrected chi connectivity index (χ2v) is 6.39. The summed E-state index contributed by atoms with van der Waals surface area (Å²) in [7, 11) is 1.63. The maximum absolute atomic E-state index is 13.3. The Kier molecular flexibility index (Phi) is 5.27. The number of rotatable bonds is 4. The first-order valence-corrected chi connectivity index (χ1v) is 8.44. The first-order chi connectivity index (χ1) is 12.4. The predicted molar refractivity (Wildman–Crippen MR) is 96.3 cm³/mol. The average Bonchev–Trinajstić information content (AvgIpc) is 2.62. The molecular weight excluding hydrogens is 343 g/mol. The van der Waals surface area contributed by atoms with Gasteiger partial charge in [-0.15, -0.1) is 0 Å². The zero-order valence-corrected chi connectivity index (χ0v) is 14.6.